The van der Waals surface area contributed by atoms with Crippen LogP contribution in [0.1, 0.15) is 25.5 Å². The first kappa shape index (κ1) is 8.10. The zero-order valence-electron chi connectivity index (χ0n) is 6.17. The molecule has 11 heavy (non-hydrogen) atoms. The highest BCUT2D eigenvalue weighted by Gasteiger charge is 2.12. The van der Waals surface area contributed by atoms with Crippen LogP contribution in [-0.2, 0) is 6.54 Å². The topological polar surface area (TPSA) is 30.7 Å². The molecule has 1 aromatic heterocycles. The summed E-state index contributed by atoms with van der Waals surface area (Å²) in [6.07, 6.45) is -0.597. The number of hydrogen-bond donors (Lipinski definition) is 0. The van der Waals surface area contributed by atoms with Crippen LogP contribution in [0.15, 0.2) is 6.20 Å². The largest absolute Gasteiger partial charge is 0.281 e. The fourth-order valence-corrected chi connectivity index (χ4v) is 0.820. The molecule has 62 valence electrons. The summed E-state index contributed by atoms with van der Waals surface area (Å²) < 4.78 is 25.4. The molecule has 0 aliphatic rings. The van der Waals surface area contributed by atoms with Crippen molar-refractivity contribution in [3.8, 4) is 0 Å². The summed E-state index contributed by atoms with van der Waals surface area (Å²) in [4.78, 5) is 0. The molecule has 0 saturated carbocycles. The average Bonchev–Trinajstić information content (AvgIpc) is 2.36. The maximum atomic E-state index is 12.1. The molecule has 0 bridgehead atoms. The molecule has 0 unspecified atom stereocenters. The van der Waals surface area contributed by atoms with Crippen LogP contribution in [0.4, 0.5) is 8.78 Å². The van der Waals surface area contributed by atoms with Crippen molar-refractivity contribution in [3.05, 3.63) is 11.9 Å². The number of rotatable bonds is 3. The predicted molar refractivity (Wildman–Crippen MR) is 35.3 cm³/mol. The molecule has 3 nitrogen and oxygen atoms in total. The van der Waals surface area contributed by atoms with Gasteiger partial charge in [-0.2, -0.15) is 0 Å². The van der Waals surface area contributed by atoms with E-state index in [0.717, 1.165) is 12.6 Å². The molecule has 0 aromatic carbocycles. The molecule has 1 aromatic rings. The van der Waals surface area contributed by atoms with Crippen molar-refractivity contribution in [1.29, 1.82) is 0 Å². The van der Waals surface area contributed by atoms with Crippen LogP contribution in [-0.4, -0.2) is 15.0 Å². The summed E-state index contributed by atoms with van der Waals surface area (Å²) >= 11 is 0. The van der Waals surface area contributed by atoms with Gasteiger partial charge in [0.15, 0.2) is 0 Å². The Balaban J connectivity index is 2.78. The van der Waals surface area contributed by atoms with E-state index < -0.39 is 6.43 Å². The molecular formula is C6H9F2N3. The van der Waals surface area contributed by atoms with E-state index in [-0.39, 0.29) is 5.69 Å². The Morgan fingerprint density at radius 3 is 2.91 bits per heavy atom. The third kappa shape index (κ3) is 1.72. The van der Waals surface area contributed by atoms with Crippen molar-refractivity contribution in [1.82, 2.24) is 15.0 Å². The van der Waals surface area contributed by atoms with Gasteiger partial charge in [-0.1, -0.05) is 12.1 Å². The molecule has 0 saturated heterocycles. The Morgan fingerprint density at radius 2 is 2.36 bits per heavy atom. The first-order valence-corrected chi connectivity index (χ1v) is 3.42. The Hall–Kier alpha value is -1.00. The molecule has 0 aliphatic heterocycles. The number of hydrogen-bond acceptors (Lipinski definition) is 2. The van der Waals surface area contributed by atoms with E-state index >= 15 is 0 Å². The lowest BCUT2D eigenvalue weighted by atomic mass is 10.4. The van der Waals surface area contributed by atoms with Crippen molar-refractivity contribution in [2.45, 2.75) is 26.3 Å². The van der Waals surface area contributed by atoms with Gasteiger partial charge in [0, 0.05) is 6.54 Å². The van der Waals surface area contributed by atoms with Gasteiger partial charge in [-0.15, -0.1) is 5.10 Å². The third-order valence-electron chi connectivity index (χ3n) is 1.31. The van der Waals surface area contributed by atoms with Crippen LogP contribution in [0.3, 0.4) is 0 Å². The molecule has 0 aliphatic carbocycles. The van der Waals surface area contributed by atoms with Gasteiger partial charge < -0.3 is 0 Å². The van der Waals surface area contributed by atoms with Gasteiger partial charge >= 0.3 is 0 Å². The number of nitrogens with zero attached hydrogens (tertiary/aromatic N) is 3. The van der Waals surface area contributed by atoms with E-state index in [2.05, 4.69) is 10.3 Å². The minimum atomic E-state index is -2.48. The van der Waals surface area contributed by atoms with E-state index in [1.165, 1.54) is 4.68 Å². The zero-order valence-corrected chi connectivity index (χ0v) is 6.17. The normalized spacial score (nSPS) is 10.9. The highest BCUT2D eigenvalue weighted by atomic mass is 19.3. The smallest absolute Gasteiger partial charge is 0.244 e. The summed E-state index contributed by atoms with van der Waals surface area (Å²) in [7, 11) is 0. The first-order valence-electron chi connectivity index (χ1n) is 3.42. The van der Waals surface area contributed by atoms with Crippen LogP contribution < -0.4 is 0 Å². The van der Waals surface area contributed by atoms with Crippen molar-refractivity contribution < 1.29 is 8.78 Å². The number of alkyl halides is 2. The minimum Gasteiger partial charge on any atom is -0.244 e. The Labute approximate surface area is 63.0 Å². The fourth-order valence-electron chi connectivity index (χ4n) is 0.820. The molecule has 0 atom stereocenters. The predicted octanol–water partition coefficient (Wildman–Crippen LogP) is 1.63. The summed E-state index contributed by atoms with van der Waals surface area (Å²) in [5.74, 6) is 0. The van der Waals surface area contributed by atoms with Gasteiger partial charge in [0.2, 0.25) is 0 Å². The van der Waals surface area contributed by atoms with Gasteiger partial charge in [0.05, 0.1) is 6.20 Å². The maximum Gasteiger partial charge on any atom is 0.281 e. The quantitative estimate of drug-likeness (QED) is 0.674. The molecule has 1 rings (SSSR count). The Morgan fingerprint density at radius 1 is 1.64 bits per heavy atom. The van der Waals surface area contributed by atoms with Gasteiger partial charge in [0.25, 0.3) is 6.43 Å². The van der Waals surface area contributed by atoms with Crippen molar-refractivity contribution in [2.75, 3.05) is 0 Å². The third-order valence-corrected chi connectivity index (χ3v) is 1.31. The highest BCUT2D eigenvalue weighted by molar-refractivity contribution is 4.94. The molecule has 0 radical (unpaired) electrons. The fraction of sp³-hybridized carbons (Fsp3) is 0.667. The lowest BCUT2D eigenvalue weighted by Gasteiger charge is -2.01. The van der Waals surface area contributed by atoms with E-state index in [9.17, 15) is 8.78 Å². The molecular weight excluding hydrogens is 152 g/mol. The number of halogens is 2. The Bertz CT molecular complexity index is 221. The molecule has 0 fully saturated rings. The van der Waals surface area contributed by atoms with Crippen molar-refractivity contribution in [3.63, 3.8) is 0 Å². The maximum absolute atomic E-state index is 12.1. The van der Waals surface area contributed by atoms with Gasteiger partial charge in [0.1, 0.15) is 5.69 Å². The zero-order chi connectivity index (χ0) is 8.27. The summed E-state index contributed by atoms with van der Waals surface area (Å²) in [5, 5.41) is 6.91. The standard InChI is InChI=1S/C6H9F2N3/c1-2-3-11-5(6(7)8)4-9-10-11/h4,6H,2-3H2,1H3. The first-order chi connectivity index (χ1) is 5.25. The van der Waals surface area contributed by atoms with Crippen LogP contribution in [0.2, 0.25) is 0 Å². The second-order valence-corrected chi connectivity index (χ2v) is 2.18. The minimum absolute atomic E-state index is 0.105. The second kappa shape index (κ2) is 3.41. The summed E-state index contributed by atoms with van der Waals surface area (Å²) in [6, 6.07) is 0. The molecule has 0 N–H and O–H groups in total. The molecule has 0 spiro atoms. The van der Waals surface area contributed by atoms with Gasteiger partial charge in [-0.3, -0.25) is 0 Å². The van der Waals surface area contributed by atoms with Crippen molar-refractivity contribution >= 4 is 0 Å². The number of aryl methyl sites for hydroxylation is 1. The van der Waals surface area contributed by atoms with Crippen molar-refractivity contribution in [2.24, 2.45) is 0 Å². The van der Waals surface area contributed by atoms with Crippen LogP contribution >= 0.6 is 0 Å². The summed E-state index contributed by atoms with van der Waals surface area (Å²) in [5.41, 5.74) is -0.105. The van der Waals surface area contributed by atoms with Crippen LogP contribution in [0.25, 0.3) is 0 Å². The highest BCUT2D eigenvalue weighted by Crippen LogP contribution is 2.16. The lowest BCUT2D eigenvalue weighted by Crippen LogP contribution is -2.04. The lowest BCUT2D eigenvalue weighted by molar-refractivity contribution is 0.139. The van der Waals surface area contributed by atoms with Gasteiger partial charge in [-0.25, -0.2) is 13.5 Å². The van der Waals surface area contributed by atoms with E-state index in [1.807, 2.05) is 6.92 Å². The molecule has 5 heteroatoms. The van der Waals surface area contributed by atoms with E-state index in [1.54, 1.807) is 0 Å². The van der Waals surface area contributed by atoms with E-state index in [0.29, 0.717) is 6.54 Å². The average molecular weight is 161 g/mol. The SMILES string of the molecule is CCCn1nncc1C(F)F. The number of aromatic nitrogens is 3. The Kier molecular flexibility index (Phi) is 2.51. The van der Waals surface area contributed by atoms with Gasteiger partial charge in [-0.05, 0) is 6.42 Å². The second-order valence-electron chi connectivity index (χ2n) is 2.18. The van der Waals surface area contributed by atoms with E-state index in [4.69, 9.17) is 0 Å². The monoisotopic (exact) mass is 161 g/mol. The molecule has 1 heterocycles. The van der Waals surface area contributed by atoms with Crippen LogP contribution in [0.5, 0.6) is 0 Å². The van der Waals surface area contributed by atoms with Crippen LogP contribution in [0, 0.1) is 0 Å². The summed E-state index contributed by atoms with van der Waals surface area (Å²) in [6.45, 7) is 2.40. The molecule has 0 amide bonds.